The highest BCUT2D eigenvalue weighted by Crippen LogP contribution is 2.25. The standard InChI is InChI=1S/C14H16ClFN2O3/c15-9-11-4-2-1-3-7-17(11)14(19)12-6-5-10(16)8-13(12)18(20)21/h5-6,8,11H,1-4,7,9H2. The molecule has 1 aliphatic rings. The van der Waals surface area contributed by atoms with Crippen molar-refractivity contribution in [3.8, 4) is 0 Å². The van der Waals surface area contributed by atoms with Crippen molar-refractivity contribution in [2.45, 2.75) is 31.7 Å². The van der Waals surface area contributed by atoms with Gasteiger partial charge in [-0.15, -0.1) is 11.6 Å². The van der Waals surface area contributed by atoms with E-state index in [0.717, 1.165) is 37.8 Å². The largest absolute Gasteiger partial charge is 0.334 e. The second-order valence-corrected chi connectivity index (χ2v) is 5.38. The fourth-order valence-corrected chi connectivity index (χ4v) is 2.92. The lowest BCUT2D eigenvalue weighted by atomic mass is 10.1. The highest BCUT2D eigenvalue weighted by atomic mass is 35.5. The molecule has 0 radical (unpaired) electrons. The Hall–Kier alpha value is -1.69. The van der Waals surface area contributed by atoms with Gasteiger partial charge in [-0.3, -0.25) is 14.9 Å². The minimum absolute atomic E-state index is 0.0848. The number of amides is 1. The Labute approximate surface area is 126 Å². The number of carbonyl (C=O) groups is 1. The number of hydrogen-bond donors (Lipinski definition) is 0. The molecule has 7 heteroatoms. The molecule has 1 aromatic carbocycles. The first-order valence-electron chi connectivity index (χ1n) is 6.85. The van der Waals surface area contributed by atoms with E-state index in [2.05, 4.69) is 0 Å². The highest BCUT2D eigenvalue weighted by Gasteiger charge is 2.30. The summed E-state index contributed by atoms with van der Waals surface area (Å²) in [4.78, 5) is 24.5. The average Bonchev–Trinajstić information content (AvgIpc) is 2.71. The van der Waals surface area contributed by atoms with Crippen LogP contribution in [0.1, 0.15) is 36.0 Å². The lowest BCUT2D eigenvalue weighted by molar-refractivity contribution is -0.385. The number of halogens is 2. The number of nitro benzene ring substituents is 1. The van der Waals surface area contributed by atoms with Crippen molar-refractivity contribution >= 4 is 23.2 Å². The second-order valence-electron chi connectivity index (χ2n) is 5.07. The molecule has 0 spiro atoms. The number of carbonyl (C=O) groups excluding carboxylic acids is 1. The van der Waals surface area contributed by atoms with Crippen LogP contribution in [0.3, 0.4) is 0 Å². The molecule has 1 unspecified atom stereocenters. The Balaban J connectivity index is 2.36. The highest BCUT2D eigenvalue weighted by molar-refractivity contribution is 6.18. The van der Waals surface area contributed by atoms with E-state index in [0.29, 0.717) is 12.4 Å². The van der Waals surface area contributed by atoms with Crippen molar-refractivity contribution in [1.29, 1.82) is 0 Å². The molecule has 0 aliphatic carbocycles. The molecule has 21 heavy (non-hydrogen) atoms. The summed E-state index contributed by atoms with van der Waals surface area (Å²) in [6, 6.07) is 2.88. The molecule has 2 rings (SSSR count). The minimum atomic E-state index is -0.733. The number of benzene rings is 1. The molecule has 1 heterocycles. The van der Waals surface area contributed by atoms with E-state index in [1.807, 2.05) is 0 Å². The number of nitrogens with zero attached hydrogens (tertiary/aromatic N) is 2. The van der Waals surface area contributed by atoms with Crippen LogP contribution in [0.25, 0.3) is 0 Å². The first-order chi connectivity index (χ1) is 10.0. The molecule has 1 aromatic rings. The summed E-state index contributed by atoms with van der Waals surface area (Å²) in [5, 5.41) is 11.0. The summed E-state index contributed by atoms with van der Waals surface area (Å²) < 4.78 is 13.2. The van der Waals surface area contributed by atoms with E-state index in [1.54, 1.807) is 4.90 Å². The smallest absolute Gasteiger partial charge is 0.285 e. The lowest BCUT2D eigenvalue weighted by Gasteiger charge is -2.28. The zero-order chi connectivity index (χ0) is 15.4. The van der Waals surface area contributed by atoms with E-state index in [9.17, 15) is 19.3 Å². The molecule has 5 nitrogen and oxygen atoms in total. The average molecular weight is 315 g/mol. The van der Waals surface area contributed by atoms with Gasteiger partial charge in [-0.1, -0.05) is 12.8 Å². The van der Waals surface area contributed by atoms with Crippen LogP contribution in [0.5, 0.6) is 0 Å². The van der Waals surface area contributed by atoms with E-state index in [4.69, 9.17) is 11.6 Å². The number of alkyl halides is 1. The molecule has 0 bridgehead atoms. The van der Waals surface area contributed by atoms with Gasteiger partial charge in [-0.25, -0.2) is 4.39 Å². The van der Waals surface area contributed by atoms with Gasteiger partial charge >= 0.3 is 0 Å². The summed E-state index contributed by atoms with van der Waals surface area (Å²) in [5.74, 6) is -0.891. The Morgan fingerprint density at radius 2 is 2.19 bits per heavy atom. The van der Waals surface area contributed by atoms with Gasteiger partial charge in [0.15, 0.2) is 0 Å². The van der Waals surface area contributed by atoms with Crippen LogP contribution in [0.15, 0.2) is 18.2 Å². The SMILES string of the molecule is O=C(c1ccc(F)cc1[N+](=O)[O-])N1CCCCCC1CCl. The lowest BCUT2D eigenvalue weighted by Crippen LogP contribution is -2.41. The van der Waals surface area contributed by atoms with Gasteiger partial charge in [-0.05, 0) is 25.0 Å². The number of hydrogen-bond acceptors (Lipinski definition) is 3. The molecule has 0 N–H and O–H groups in total. The van der Waals surface area contributed by atoms with Gasteiger partial charge in [0.05, 0.1) is 11.0 Å². The Morgan fingerprint density at radius 1 is 1.43 bits per heavy atom. The third-order valence-electron chi connectivity index (χ3n) is 3.70. The Morgan fingerprint density at radius 3 is 2.86 bits per heavy atom. The molecule has 0 saturated carbocycles. The number of nitro groups is 1. The third kappa shape index (κ3) is 3.50. The number of likely N-dealkylation sites (tertiary alicyclic amines) is 1. The van der Waals surface area contributed by atoms with Crippen molar-refractivity contribution in [2.75, 3.05) is 12.4 Å². The quantitative estimate of drug-likeness (QED) is 0.488. The topological polar surface area (TPSA) is 63.4 Å². The second kappa shape index (κ2) is 6.85. The van der Waals surface area contributed by atoms with Crippen LogP contribution in [-0.4, -0.2) is 34.2 Å². The van der Waals surface area contributed by atoms with Gasteiger partial charge in [0.2, 0.25) is 0 Å². The Kier molecular flexibility index (Phi) is 5.12. The van der Waals surface area contributed by atoms with Gasteiger partial charge < -0.3 is 4.90 Å². The zero-order valence-corrected chi connectivity index (χ0v) is 12.2. The van der Waals surface area contributed by atoms with E-state index in [-0.39, 0.29) is 11.6 Å². The summed E-state index contributed by atoms with van der Waals surface area (Å²) in [6.07, 6.45) is 3.60. The maximum absolute atomic E-state index is 13.2. The van der Waals surface area contributed by atoms with Gasteiger partial charge in [-0.2, -0.15) is 0 Å². The minimum Gasteiger partial charge on any atom is -0.334 e. The van der Waals surface area contributed by atoms with Crippen molar-refractivity contribution in [2.24, 2.45) is 0 Å². The van der Waals surface area contributed by atoms with Crippen molar-refractivity contribution in [3.63, 3.8) is 0 Å². The summed E-state index contributed by atoms with van der Waals surface area (Å²) in [7, 11) is 0. The molecular formula is C14H16ClFN2O3. The van der Waals surface area contributed by atoms with Crippen molar-refractivity contribution in [1.82, 2.24) is 4.90 Å². The van der Waals surface area contributed by atoms with Gasteiger partial charge in [0.25, 0.3) is 11.6 Å². The molecule has 0 aromatic heterocycles. The van der Waals surface area contributed by atoms with E-state index in [1.165, 1.54) is 6.07 Å². The molecule has 1 amide bonds. The van der Waals surface area contributed by atoms with E-state index < -0.39 is 22.3 Å². The summed E-state index contributed by atoms with van der Waals surface area (Å²) in [5.41, 5.74) is -0.587. The van der Waals surface area contributed by atoms with Crippen LogP contribution in [0.2, 0.25) is 0 Å². The fourth-order valence-electron chi connectivity index (χ4n) is 2.60. The summed E-state index contributed by atoms with van der Waals surface area (Å²) in [6.45, 7) is 0.519. The van der Waals surface area contributed by atoms with Crippen molar-refractivity contribution in [3.05, 3.63) is 39.7 Å². The van der Waals surface area contributed by atoms with Crippen molar-refractivity contribution < 1.29 is 14.1 Å². The van der Waals surface area contributed by atoms with E-state index >= 15 is 0 Å². The summed E-state index contributed by atoms with van der Waals surface area (Å²) >= 11 is 5.92. The molecule has 1 saturated heterocycles. The molecule has 1 fully saturated rings. The first-order valence-corrected chi connectivity index (χ1v) is 7.39. The molecule has 1 aliphatic heterocycles. The monoisotopic (exact) mass is 314 g/mol. The maximum atomic E-state index is 13.2. The zero-order valence-electron chi connectivity index (χ0n) is 11.4. The Bertz CT molecular complexity index is 553. The fraction of sp³-hybridized carbons (Fsp3) is 0.500. The predicted molar refractivity (Wildman–Crippen MR) is 77.1 cm³/mol. The van der Waals surface area contributed by atoms with Crippen LogP contribution < -0.4 is 0 Å². The molecule has 1 atom stereocenters. The van der Waals surface area contributed by atoms with Crippen LogP contribution in [-0.2, 0) is 0 Å². The van der Waals surface area contributed by atoms with Crippen LogP contribution in [0, 0.1) is 15.9 Å². The van der Waals surface area contributed by atoms with Crippen LogP contribution in [0.4, 0.5) is 10.1 Å². The third-order valence-corrected chi connectivity index (χ3v) is 4.06. The normalized spacial score (nSPS) is 19.1. The van der Waals surface area contributed by atoms with Gasteiger partial charge in [0, 0.05) is 18.5 Å². The number of rotatable bonds is 3. The maximum Gasteiger partial charge on any atom is 0.285 e. The van der Waals surface area contributed by atoms with Gasteiger partial charge in [0.1, 0.15) is 11.4 Å². The first kappa shape index (κ1) is 15.7. The predicted octanol–water partition coefficient (Wildman–Crippen LogP) is 3.36. The van der Waals surface area contributed by atoms with Crippen LogP contribution >= 0.6 is 11.6 Å². The molecule has 114 valence electrons. The molecular weight excluding hydrogens is 299 g/mol.